The minimum Gasteiger partial charge on any atom is -0.399 e. The van der Waals surface area contributed by atoms with Crippen molar-refractivity contribution in [2.75, 3.05) is 17.7 Å². The van der Waals surface area contributed by atoms with Gasteiger partial charge in [0.25, 0.3) is 0 Å². The van der Waals surface area contributed by atoms with Gasteiger partial charge in [-0.25, -0.2) is 0 Å². The van der Waals surface area contributed by atoms with Crippen molar-refractivity contribution in [3.8, 4) is 0 Å². The molecule has 25 heavy (non-hydrogen) atoms. The number of hydrogen-bond acceptors (Lipinski definition) is 4. The number of carbonyl (C=O) groups is 2. The molecule has 0 unspecified atom stereocenters. The fourth-order valence-corrected chi connectivity index (χ4v) is 2.26. The van der Waals surface area contributed by atoms with Crippen LogP contribution in [-0.4, -0.2) is 25.1 Å². The van der Waals surface area contributed by atoms with Gasteiger partial charge in [-0.15, -0.1) is 0 Å². The molecule has 0 heterocycles. The first-order chi connectivity index (χ1) is 12.0. The van der Waals surface area contributed by atoms with E-state index in [1.54, 1.807) is 12.1 Å². The predicted molar refractivity (Wildman–Crippen MR) is 98.6 cm³/mol. The number of amides is 2. The molecular weight excluding hydrogens is 318 g/mol. The molecule has 0 saturated heterocycles. The Labute approximate surface area is 146 Å². The minimum atomic E-state index is -1.12. The number of nitrogens with one attached hydrogen (secondary N) is 2. The second-order valence-corrected chi connectivity index (χ2v) is 5.63. The van der Waals surface area contributed by atoms with E-state index in [1.807, 2.05) is 50.2 Å². The molecule has 0 aromatic heterocycles. The highest BCUT2D eigenvalue weighted by atomic mass is 16.6. The highest BCUT2D eigenvalue weighted by Gasteiger charge is 2.25. The summed E-state index contributed by atoms with van der Waals surface area (Å²) in [6.45, 7) is 3.84. The number of hydrogen-bond donors (Lipinski definition) is 2. The van der Waals surface area contributed by atoms with Crippen molar-refractivity contribution in [3.05, 3.63) is 59.7 Å². The molecule has 6 heteroatoms. The Hall–Kier alpha value is -3.15. The van der Waals surface area contributed by atoms with E-state index < -0.39 is 17.7 Å². The van der Waals surface area contributed by atoms with E-state index >= 15 is 0 Å². The second-order valence-electron chi connectivity index (χ2n) is 5.63. The van der Waals surface area contributed by atoms with Crippen LogP contribution in [0.5, 0.6) is 0 Å². The molecule has 2 amide bonds. The van der Waals surface area contributed by atoms with Crippen molar-refractivity contribution in [1.29, 1.82) is 0 Å². The molecule has 2 aromatic rings. The fourth-order valence-electron chi connectivity index (χ4n) is 2.26. The van der Waals surface area contributed by atoms with Crippen LogP contribution in [-0.2, 0) is 14.4 Å². The quantitative estimate of drug-likeness (QED) is 0.482. The van der Waals surface area contributed by atoms with Crippen LogP contribution in [0.2, 0.25) is 0 Å². The molecule has 0 fully saturated rings. The van der Waals surface area contributed by atoms with Crippen LogP contribution in [0.4, 0.5) is 11.4 Å². The standard InChI is InChI=1S/C19H21N3O3/c1-13-6-4-8-15(10-13)21-18(23)17(12-20-25-3)19(24)22-16-9-5-7-14(2)11-16/h4-12,17H,1-3H3,(H,21,23)(H,22,24). The van der Waals surface area contributed by atoms with Crippen molar-refractivity contribution in [2.24, 2.45) is 11.1 Å². The zero-order valence-electron chi connectivity index (χ0n) is 14.4. The third kappa shape index (κ3) is 5.46. The van der Waals surface area contributed by atoms with Crippen LogP contribution in [0.1, 0.15) is 11.1 Å². The number of rotatable bonds is 6. The molecule has 2 aromatic carbocycles. The van der Waals surface area contributed by atoms with Gasteiger partial charge in [0.05, 0.1) is 6.21 Å². The van der Waals surface area contributed by atoms with Gasteiger partial charge in [-0.3, -0.25) is 9.59 Å². The molecule has 0 spiro atoms. The summed E-state index contributed by atoms with van der Waals surface area (Å²) in [6, 6.07) is 14.7. The smallest absolute Gasteiger partial charge is 0.242 e. The molecule has 0 saturated carbocycles. The van der Waals surface area contributed by atoms with Gasteiger partial charge in [-0.1, -0.05) is 29.4 Å². The summed E-state index contributed by atoms with van der Waals surface area (Å²) in [5.41, 5.74) is 3.24. The Bertz CT molecular complexity index is 727. The number of benzene rings is 2. The fraction of sp³-hybridized carbons (Fsp3) is 0.211. The lowest BCUT2D eigenvalue weighted by atomic mass is 10.1. The Kier molecular flexibility index (Phi) is 6.28. The van der Waals surface area contributed by atoms with Crippen LogP contribution >= 0.6 is 0 Å². The monoisotopic (exact) mass is 339 g/mol. The lowest BCUT2D eigenvalue weighted by Crippen LogP contribution is -2.35. The number of anilines is 2. The largest absolute Gasteiger partial charge is 0.399 e. The third-order valence-electron chi connectivity index (χ3n) is 3.45. The molecule has 0 aliphatic heterocycles. The number of oxime groups is 1. The van der Waals surface area contributed by atoms with Crippen LogP contribution < -0.4 is 10.6 Å². The van der Waals surface area contributed by atoms with Crippen molar-refractivity contribution in [1.82, 2.24) is 0 Å². The Morgan fingerprint density at radius 1 is 0.960 bits per heavy atom. The molecule has 130 valence electrons. The summed E-state index contributed by atoms with van der Waals surface area (Å²) in [5.74, 6) is -2.10. The number of nitrogens with zero attached hydrogens (tertiary/aromatic N) is 1. The molecule has 2 rings (SSSR count). The van der Waals surface area contributed by atoms with Gasteiger partial charge in [0, 0.05) is 11.4 Å². The first-order valence-electron chi connectivity index (χ1n) is 7.81. The zero-order chi connectivity index (χ0) is 18.2. The Morgan fingerprint density at radius 2 is 1.44 bits per heavy atom. The Balaban J connectivity index is 2.15. The summed E-state index contributed by atoms with van der Waals surface area (Å²) < 4.78 is 0. The van der Waals surface area contributed by atoms with Gasteiger partial charge in [0.15, 0.2) is 5.92 Å². The minimum absolute atomic E-state index is 0.489. The van der Waals surface area contributed by atoms with Gasteiger partial charge >= 0.3 is 0 Å². The summed E-state index contributed by atoms with van der Waals surface area (Å²) >= 11 is 0. The first kappa shape index (κ1) is 18.2. The van der Waals surface area contributed by atoms with Gasteiger partial charge in [-0.2, -0.15) is 0 Å². The highest BCUT2D eigenvalue weighted by Crippen LogP contribution is 2.14. The maximum atomic E-state index is 12.5. The van der Waals surface area contributed by atoms with Gasteiger partial charge in [0.2, 0.25) is 11.8 Å². The third-order valence-corrected chi connectivity index (χ3v) is 3.45. The maximum Gasteiger partial charge on any atom is 0.242 e. The SMILES string of the molecule is CON=CC(C(=O)Nc1cccc(C)c1)C(=O)Nc1cccc(C)c1. The Morgan fingerprint density at radius 3 is 1.84 bits per heavy atom. The molecule has 0 bridgehead atoms. The van der Waals surface area contributed by atoms with Crippen molar-refractivity contribution >= 4 is 29.4 Å². The summed E-state index contributed by atoms with van der Waals surface area (Å²) in [4.78, 5) is 29.6. The van der Waals surface area contributed by atoms with E-state index in [1.165, 1.54) is 13.3 Å². The first-order valence-corrected chi connectivity index (χ1v) is 7.81. The van der Waals surface area contributed by atoms with Crippen LogP contribution in [0.15, 0.2) is 53.7 Å². The van der Waals surface area contributed by atoms with Crippen molar-refractivity contribution < 1.29 is 14.4 Å². The zero-order valence-corrected chi connectivity index (χ0v) is 14.4. The lowest BCUT2D eigenvalue weighted by molar-refractivity contribution is -0.126. The predicted octanol–water partition coefficient (Wildman–Crippen LogP) is 3.13. The van der Waals surface area contributed by atoms with E-state index in [9.17, 15) is 9.59 Å². The van der Waals surface area contributed by atoms with E-state index in [-0.39, 0.29) is 0 Å². The van der Waals surface area contributed by atoms with Crippen molar-refractivity contribution in [2.45, 2.75) is 13.8 Å². The molecule has 2 N–H and O–H groups in total. The highest BCUT2D eigenvalue weighted by molar-refractivity contribution is 6.20. The molecular formula is C19H21N3O3. The van der Waals surface area contributed by atoms with E-state index in [4.69, 9.17) is 0 Å². The van der Waals surface area contributed by atoms with Crippen LogP contribution in [0.3, 0.4) is 0 Å². The lowest BCUT2D eigenvalue weighted by Gasteiger charge is -2.13. The summed E-state index contributed by atoms with van der Waals surface area (Å²) in [6.07, 6.45) is 1.18. The van der Waals surface area contributed by atoms with E-state index in [2.05, 4.69) is 20.6 Å². The summed E-state index contributed by atoms with van der Waals surface area (Å²) in [5, 5.41) is 9.03. The molecule has 6 nitrogen and oxygen atoms in total. The molecule has 0 aliphatic carbocycles. The number of aryl methyl sites for hydroxylation is 2. The summed E-state index contributed by atoms with van der Waals surface area (Å²) in [7, 11) is 1.35. The van der Waals surface area contributed by atoms with Gasteiger partial charge < -0.3 is 15.5 Å². The average Bonchev–Trinajstić information content (AvgIpc) is 2.55. The van der Waals surface area contributed by atoms with E-state index in [0.717, 1.165) is 11.1 Å². The maximum absolute atomic E-state index is 12.5. The number of carbonyl (C=O) groups excluding carboxylic acids is 2. The molecule has 0 radical (unpaired) electrons. The average molecular weight is 339 g/mol. The topological polar surface area (TPSA) is 79.8 Å². The second kappa shape index (κ2) is 8.63. The molecule has 0 aliphatic rings. The van der Waals surface area contributed by atoms with Crippen LogP contribution in [0.25, 0.3) is 0 Å². The van der Waals surface area contributed by atoms with Crippen LogP contribution in [0, 0.1) is 19.8 Å². The van der Waals surface area contributed by atoms with Gasteiger partial charge in [0.1, 0.15) is 7.11 Å². The van der Waals surface area contributed by atoms with E-state index in [0.29, 0.717) is 11.4 Å². The van der Waals surface area contributed by atoms with Crippen molar-refractivity contribution in [3.63, 3.8) is 0 Å². The normalized spacial score (nSPS) is 10.7. The van der Waals surface area contributed by atoms with Gasteiger partial charge in [-0.05, 0) is 49.2 Å². The molecule has 0 atom stereocenters.